The Bertz CT molecular complexity index is 348. The second kappa shape index (κ2) is 6.09. The molecule has 1 rings (SSSR count). The molecule has 6 nitrogen and oxygen atoms in total. The molecule has 0 aromatic heterocycles. The highest BCUT2D eigenvalue weighted by Crippen LogP contribution is 2.27. The fraction of sp³-hybridized carbons (Fsp3) is 0.800. The molecule has 19 heavy (non-hydrogen) atoms. The Hall–Kier alpha value is -1.51. The fourth-order valence-electron chi connectivity index (χ4n) is 2.02. The van der Waals surface area contributed by atoms with Gasteiger partial charge in [0, 0.05) is 12.5 Å². The average molecular weight is 284 g/mol. The maximum atomic E-state index is 12.4. The van der Waals surface area contributed by atoms with Crippen LogP contribution in [0, 0.1) is 5.92 Å². The van der Waals surface area contributed by atoms with Crippen molar-refractivity contribution in [1.82, 2.24) is 10.6 Å². The Morgan fingerprint density at radius 3 is 2.63 bits per heavy atom. The Balaban J connectivity index is 2.73. The van der Waals surface area contributed by atoms with Gasteiger partial charge in [-0.05, 0) is 19.3 Å². The van der Waals surface area contributed by atoms with Gasteiger partial charge >= 0.3 is 12.3 Å². The molecule has 0 bridgehead atoms. The van der Waals surface area contributed by atoms with Gasteiger partial charge < -0.3 is 20.8 Å². The van der Waals surface area contributed by atoms with Crippen molar-refractivity contribution < 1.29 is 33.0 Å². The Morgan fingerprint density at radius 2 is 2.16 bits per heavy atom. The highest BCUT2D eigenvalue weighted by Gasteiger charge is 2.45. The Labute approximate surface area is 107 Å². The molecule has 0 radical (unpaired) electrons. The highest BCUT2D eigenvalue weighted by molar-refractivity contribution is 5.79. The Kier molecular flexibility index (Phi) is 4.98. The van der Waals surface area contributed by atoms with Gasteiger partial charge in [0.25, 0.3) is 0 Å². The van der Waals surface area contributed by atoms with E-state index in [9.17, 15) is 22.8 Å². The van der Waals surface area contributed by atoms with E-state index in [1.54, 1.807) is 5.32 Å². The number of carboxylic acid groups (broad SMARTS) is 1. The van der Waals surface area contributed by atoms with Crippen molar-refractivity contribution in [2.45, 2.75) is 37.6 Å². The number of hydrogen-bond donors (Lipinski definition) is 4. The zero-order valence-electron chi connectivity index (χ0n) is 9.91. The van der Waals surface area contributed by atoms with E-state index in [1.165, 1.54) is 0 Å². The molecule has 1 aliphatic rings. The van der Waals surface area contributed by atoms with Crippen molar-refractivity contribution >= 4 is 12.0 Å². The molecule has 9 heteroatoms. The minimum atomic E-state index is -4.95. The number of piperidine rings is 1. The maximum Gasteiger partial charge on any atom is 0.416 e. The molecule has 0 saturated carbocycles. The molecule has 2 unspecified atom stereocenters. The van der Waals surface area contributed by atoms with Crippen molar-refractivity contribution in [2.75, 3.05) is 6.54 Å². The van der Waals surface area contributed by atoms with Gasteiger partial charge in [-0.25, -0.2) is 4.79 Å². The van der Waals surface area contributed by atoms with Crippen molar-refractivity contribution in [1.29, 1.82) is 0 Å². The number of alkyl halides is 3. The van der Waals surface area contributed by atoms with Crippen LogP contribution >= 0.6 is 0 Å². The normalized spacial score (nSPS) is 23.4. The fourth-order valence-corrected chi connectivity index (χ4v) is 2.02. The largest absolute Gasteiger partial charge is 0.465 e. The first-order chi connectivity index (χ1) is 8.71. The van der Waals surface area contributed by atoms with Crippen LogP contribution in [0.3, 0.4) is 0 Å². The van der Waals surface area contributed by atoms with Crippen molar-refractivity contribution in [3.63, 3.8) is 0 Å². The van der Waals surface area contributed by atoms with Crippen molar-refractivity contribution in [3.8, 4) is 0 Å². The number of aliphatic hydroxyl groups excluding tert-OH is 1. The molecule has 2 amide bonds. The summed E-state index contributed by atoms with van der Waals surface area (Å²) in [5.74, 6) is -1.15. The van der Waals surface area contributed by atoms with E-state index in [2.05, 4.69) is 5.32 Å². The number of nitrogens with one attached hydrogen (secondary N) is 2. The first kappa shape index (κ1) is 15.5. The van der Waals surface area contributed by atoms with Gasteiger partial charge in [-0.2, -0.15) is 13.2 Å². The van der Waals surface area contributed by atoms with E-state index in [4.69, 9.17) is 10.2 Å². The SMILES string of the molecule is O=C(O)N[C@@H](CC1CCCNC1=O)C(O)C(F)(F)F. The van der Waals surface area contributed by atoms with Crippen LogP contribution in [0.25, 0.3) is 0 Å². The summed E-state index contributed by atoms with van der Waals surface area (Å²) in [6.07, 6.45) is -8.87. The summed E-state index contributed by atoms with van der Waals surface area (Å²) in [4.78, 5) is 21.9. The van der Waals surface area contributed by atoms with Crippen LogP contribution in [0.5, 0.6) is 0 Å². The topological polar surface area (TPSA) is 98.7 Å². The summed E-state index contributed by atoms with van der Waals surface area (Å²) >= 11 is 0. The molecule has 1 heterocycles. The van der Waals surface area contributed by atoms with Crippen molar-refractivity contribution in [2.24, 2.45) is 5.92 Å². The van der Waals surface area contributed by atoms with Gasteiger partial charge in [-0.15, -0.1) is 0 Å². The third-order valence-electron chi connectivity index (χ3n) is 2.96. The molecule has 1 fully saturated rings. The van der Waals surface area contributed by atoms with E-state index in [-0.39, 0.29) is 0 Å². The summed E-state index contributed by atoms with van der Waals surface area (Å²) in [6.45, 7) is 0.453. The van der Waals surface area contributed by atoms with Gasteiger partial charge in [0.05, 0.1) is 6.04 Å². The monoisotopic (exact) mass is 284 g/mol. The quantitative estimate of drug-likeness (QED) is 0.603. The summed E-state index contributed by atoms with van der Waals surface area (Å²) in [6, 6.07) is -1.76. The molecule has 1 aliphatic heterocycles. The van der Waals surface area contributed by atoms with E-state index in [0.29, 0.717) is 19.4 Å². The number of carbonyl (C=O) groups excluding carboxylic acids is 1. The predicted octanol–water partition coefficient (Wildman–Crippen LogP) is 0.462. The van der Waals surface area contributed by atoms with Crippen LogP contribution in [0.15, 0.2) is 0 Å². The zero-order valence-corrected chi connectivity index (χ0v) is 9.91. The van der Waals surface area contributed by atoms with Gasteiger partial charge in [0.15, 0.2) is 6.10 Å². The summed E-state index contributed by atoms with van der Waals surface area (Å²) in [5.41, 5.74) is 0. The van der Waals surface area contributed by atoms with Crippen LogP contribution in [-0.4, -0.2) is 47.1 Å². The summed E-state index contributed by atoms with van der Waals surface area (Å²) in [5, 5.41) is 21.7. The molecular weight excluding hydrogens is 269 g/mol. The minimum absolute atomic E-state index is 0.369. The molecule has 1 saturated heterocycles. The van der Waals surface area contributed by atoms with Gasteiger partial charge in [0.2, 0.25) is 5.91 Å². The smallest absolute Gasteiger partial charge is 0.416 e. The second-order valence-electron chi connectivity index (χ2n) is 4.41. The van der Waals surface area contributed by atoms with E-state index in [0.717, 1.165) is 0 Å². The number of carbonyl (C=O) groups is 2. The molecular formula is C10H15F3N2O4. The predicted molar refractivity (Wildman–Crippen MR) is 57.4 cm³/mol. The van der Waals surface area contributed by atoms with Crippen LogP contribution in [0.2, 0.25) is 0 Å². The highest BCUT2D eigenvalue weighted by atomic mass is 19.4. The molecule has 0 aliphatic carbocycles. The summed E-state index contributed by atoms with van der Waals surface area (Å²) in [7, 11) is 0. The van der Waals surface area contributed by atoms with E-state index in [1.807, 2.05) is 0 Å². The van der Waals surface area contributed by atoms with E-state index < -0.39 is 42.7 Å². The van der Waals surface area contributed by atoms with Crippen LogP contribution in [-0.2, 0) is 4.79 Å². The van der Waals surface area contributed by atoms with Gasteiger partial charge in [-0.3, -0.25) is 4.79 Å². The standard InChI is InChI=1S/C10H15F3N2O4/c11-10(12,13)7(16)6(15-9(18)19)4-5-2-1-3-14-8(5)17/h5-7,15-16H,1-4H2,(H,14,17)(H,18,19)/t5?,6-,7?/m0/s1. The Morgan fingerprint density at radius 1 is 1.53 bits per heavy atom. The van der Waals surface area contributed by atoms with Crippen molar-refractivity contribution in [3.05, 3.63) is 0 Å². The average Bonchev–Trinajstić information content (AvgIpc) is 2.28. The molecule has 0 spiro atoms. The number of hydrogen-bond acceptors (Lipinski definition) is 3. The molecule has 4 N–H and O–H groups in total. The molecule has 110 valence electrons. The zero-order chi connectivity index (χ0) is 14.6. The lowest BCUT2D eigenvalue weighted by atomic mass is 9.89. The number of rotatable bonds is 4. The second-order valence-corrected chi connectivity index (χ2v) is 4.41. The lowest BCUT2D eigenvalue weighted by Gasteiger charge is -2.29. The van der Waals surface area contributed by atoms with Crippen LogP contribution < -0.4 is 10.6 Å². The maximum absolute atomic E-state index is 12.4. The van der Waals surface area contributed by atoms with E-state index >= 15 is 0 Å². The minimum Gasteiger partial charge on any atom is -0.465 e. The van der Waals surface area contributed by atoms with Gasteiger partial charge in [0.1, 0.15) is 0 Å². The van der Waals surface area contributed by atoms with Gasteiger partial charge in [-0.1, -0.05) is 0 Å². The lowest BCUT2D eigenvalue weighted by molar-refractivity contribution is -0.212. The molecule has 0 aromatic carbocycles. The first-order valence-electron chi connectivity index (χ1n) is 5.73. The third-order valence-corrected chi connectivity index (χ3v) is 2.96. The third kappa shape index (κ3) is 4.58. The number of halogens is 3. The number of aliphatic hydroxyl groups is 1. The number of amides is 2. The van der Waals surface area contributed by atoms with Crippen LogP contribution in [0.1, 0.15) is 19.3 Å². The lowest BCUT2D eigenvalue weighted by Crippen LogP contribution is -2.52. The molecule has 0 aromatic rings. The summed E-state index contributed by atoms with van der Waals surface area (Å²) < 4.78 is 37.3. The first-order valence-corrected chi connectivity index (χ1v) is 5.73. The van der Waals surface area contributed by atoms with Crippen LogP contribution in [0.4, 0.5) is 18.0 Å². The molecule has 3 atom stereocenters.